The van der Waals surface area contributed by atoms with Crippen LogP contribution < -0.4 is 5.43 Å². The predicted molar refractivity (Wildman–Crippen MR) is 94.7 cm³/mol. The lowest BCUT2D eigenvalue weighted by Gasteiger charge is -2.41. The molecule has 5 rings (SSSR count). The molecule has 0 aromatic heterocycles. The van der Waals surface area contributed by atoms with Gasteiger partial charge < -0.3 is 0 Å². The zero-order valence-corrected chi connectivity index (χ0v) is 14.9. The lowest BCUT2D eigenvalue weighted by molar-refractivity contribution is -0.152. The summed E-state index contributed by atoms with van der Waals surface area (Å²) < 4.78 is 0. The van der Waals surface area contributed by atoms with E-state index < -0.39 is 5.41 Å². The molecule has 3 aliphatic carbocycles. The highest BCUT2D eigenvalue weighted by atomic mass is 35.5. The Bertz CT molecular complexity index is 813. The number of halogens is 1. The average Bonchev–Trinajstić information content (AvgIpc) is 3.25. The highest BCUT2D eigenvalue weighted by molar-refractivity contribution is 6.30. The van der Waals surface area contributed by atoms with Gasteiger partial charge in [0, 0.05) is 5.02 Å². The fraction of sp³-hybridized carbons (Fsp3) is 0.450. The van der Waals surface area contributed by atoms with Gasteiger partial charge in [0.15, 0.2) is 0 Å². The van der Waals surface area contributed by atoms with Crippen molar-refractivity contribution in [2.75, 3.05) is 0 Å². The molecule has 0 spiro atoms. The van der Waals surface area contributed by atoms with Crippen LogP contribution in [0.5, 0.6) is 0 Å². The number of amides is 3. The number of fused-ring (bicyclic) bond motifs is 5. The van der Waals surface area contributed by atoms with Crippen molar-refractivity contribution in [3.8, 4) is 0 Å². The first-order valence-corrected chi connectivity index (χ1v) is 9.52. The van der Waals surface area contributed by atoms with Gasteiger partial charge in [0.05, 0.1) is 17.3 Å². The summed E-state index contributed by atoms with van der Waals surface area (Å²) in [5, 5.41) is 1.61. The molecule has 1 N–H and O–H groups in total. The lowest BCUT2D eigenvalue weighted by Crippen LogP contribution is -2.56. The van der Waals surface area contributed by atoms with Crippen molar-refractivity contribution in [3.05, 3.63) is 47.0 Å². The molecule has 1 aromatic carbocycles. The number of rotatable bonds is 3. The van der Waals surface area contributed by atoms with Crippen LogP contribution in [-0.4, -0.2) is 22.7 Å². The topological polar surface area (TPSA) is 66.5 Å². The minimum atomic E-state index is -0.680. The molecule has 2 saturated carbocycles. The summed E-state index contributed by atoms with van der Waals surface area (Å²) in [5.41, 5.74) is 2.87. The molecule has 26 heavy (non-hydrogen) atoms. The van der Waals surface area contributed by atoms with Crippen LogP contribution in [0.4, 0.5) is 0 Å². The smallest absolute Gasteiger partial charge is 0.252 e. The zero-order chi connectivity index (χ0) is 18.1. The molecule has 0 radical (unpaired) electrons. The Kier molecular flexibility index (Phi) is 3.35. The van der Waals surface area contributed by atoms with Crippen LogP contribution in [0, 0.1) is 23.7 Å². The summed E-state index contributed by atoms with van der Waals surface area (Å²) in [6, 6.07) is 7.25. The first kappa shape index (κ1) is 16.1. The van der Waals surface area contributed by atoms with E-state index in [0.29, 0.717) is 17.9 Å². The first-order chi connectivity index (χ1) is 12.5. The summed E-state index contributed by atoms with van der Waals surface area (Å²) >= 11 is 5.96. The largest absolute Gasteiger partial charge is 0.272 e. The van der Waals surface area contributed by atoms with Gasteiger partial charge >= 0.3 is 0 Å². The second-order valence-electron chi connectivity index (χ2n) is 7.90. The first-order valence-electron chi connectivity index (χ1n) is 9.14. The number of imide groups is 1. The van der Waals surface area contributed by atoms with E-state index >= 15 is 0 Å². The maximum absolute atomic E-state index is 13.1. The third-order valence-corrected chi connectivity index (χ3v) is 6.97. The minimum Gasteiger partial charge on any atom is -0.272 e. The summed E-state index contributed by atoms with van der Waals surface area (Å²) in [5.74, 6) is -1.11. The fourth-order valence-corrected chi connectivity index (χ4v) is 5.29. The molecule has 1 aromatic rings. The van der Waals surface area contributed by atoms with Crippen molar-refractivity contribution in [3.63, 3.8) is 0 Å². The molecule has 3 fully saturated rings. The summed E-state index contributed by atoms with van der Waals surface area (Å²) in [6.07, 6.45) is 7.32. The molecular formula is C20H19ClN2O3. The molecule has 6 heteroatoms. The molecule has 4 aliphatic rings. The average molecular weight is 371 g/mol. The van der Waals surface area contributed by atoms with Crippen LogP contribution in [0.2, 0.25) is 5.02 Å². The van der Waals surface area contributed by atoms with Crippen molar-refractivity contribution in [2.24, 2.45) is 23.7 Å². The third-order valence-electron chi connectivity index (χ3n) is 6.72. The van der Waals surface area contributed by atoms with E-state index in [4.69, 9.17) is 11.6 Å². The van der Waals surface area contributed by atoms with Gasteiger partial charge in [0.25, 0.3) is 11.8 Å². The number of carbonyl (C=O) groups is 3. The second-order valence-corrected chi connectivity index (χ2v) is 8.33. The molecular weight excluding hydrogens is 352 g/mol. The zero-order valence-electron chi connectivity index (χ0n) is 14.2. The highest BCUT2D eigenvalue weighted by Crippen LogP contribution is 2.52. The van der Waals surface area contributed by atoms with Gasteiger partial charge in [0.1, 0.15) is 0 Å². The summed E-state index contributed by atoms with van der Waals surface area (Å²) in [7, 11) is 0. The number of nitrogens with zero attached hydrogens (tertiary/aromatic N) is 1. The van der Waals surface area contributed by atoms with E-state index in [1.165, 1.54) is 0 Å². The van der Waals surface area contributed by atoms with E-state index in [0.717, 1.165) is 23.4 Å². The molecule has 4 unspecified atom stereocenters. The van der Waals surface area contributed by atoms with Gasteiger partial charge in [-0.3, -0.25) is 19.8 Å². The maximum Gasteiger partial charge on any atom is 0.252 e. The Balaban J connectivity index is 1.39. The van der Waals surface area contributed by atoms with E-state index in [1.54, 1.807) is 12.1 Å². The quantitative estimate of drug-likeness (QED) is 0.657. The number of hydrazine groups is 1. The Morgan fingerprint density at radius 1 is 1.04 bits per heavy atom. The van der Waals surface area contributed by atoms with Gasteiger partial charge in [-0.25, -0.2) is 0 Å². The maximum atomic E-state index is 13.1. The number of hydrogen-bond acceptors (Lipinski definition) is 3. The number of allylic oxidation sites excluding steroid dienone is 2. The molecule has 1 saturated heterocycles. The van der Waals surface area contributed by atoms with Crippen molar-refractivity contribution in [1.29, 1.82) is 0 Å². The van der Waals surface area contributed by atoms with E-state index in [9.17, 15) is 14.4 Å². The molecule has 4 atom stereocenters. The molecule has 3 amide bonds. The van der Waals surface area contributed by atoms with Gasteiger partial charge in [-0.2, -0.15) is 5.01 Å². The molecule has 1 aliphatic heterocycles. The Hall–Kier alpha value is -2.14. The highest BCUT2D eigenvalue weighted by Gasteiger charge is 2.60. The Labute approximate surface area is 156 Å². The van der Waals surface area contributed by atoms with E-state index in [-0.39, 0.29) is 41.4 Å². The predicted octanol–water partition coefficient (Wildman–Crippen LogP) is 2.60. The number of carbonyl (C=O) groups excluding carboxylic acids is 3. The van der Waals surface area contributed by atoms with Crippen LogP contribution >= 0.6 is 11.6 Å². The fourth-order valence-electron chi connectivity index (χ4n) is 5.17. The molecule has 2 bridgehead atoms. The lowest BCUT2D eigenvalue weighted by atomic mass is 9.64. The SMILES string of the molecule is O=C1C2C3C=CC(C3)C2C(=O)N1NC(=O)C1(c2ccc(Cl)cc2)CCC1. The van der Waals surface area contributed by atoms with Gasteiger partial charge in [-0.05, 0) is 48.8 Å². The molecule has 134 valence electrons. The number of hydrogen-bond donors (Lipinski definition) is 1. The van der Waals surface area contributed by atoms with Crippen LogP contribution in [0.1, 0.15) is 31.2 Å². The normalized spacial score (nSPS) is 33.3. The molecule has 5 nitrogen and oxygen atoms in total. The van der Waals surface area contributed by atoms with Crippen LogP contribution in [-0.2, 0) is 19.8 Å². The van der Waals surface area contributed by atoms with E-state index in [1.807, 2.05) is 24.3 Å². The minimum absolute atomic E-state index is 0.136. The van der Waals surface area contributed by atoms with Crippen LogP contribution in [0.3, 0.4) is 0 Å². The van der Waals surface area contributed by atoms with Crippen molar-refractivity contribution in [2.45, 2.75) is 31.1 Å². The van der Waals surface area contributed by atoms with Crippen molar-refractivity contribution >= 4 is 29.3 Å². The monoisotopic (exact) mass is 370 g/mol. The van der Waals surface area contributed by atoms with Crippen LogP contribution in [0.15, 0.2) is 36.4 Å². The summed E-state index contributed by atoms with van der Waals surface area (Å²) in [6.45, 7) is 0. The van der Waals surface area contributed by atoms with Crippen molar-refractivity contribution in [1.82, 2.24) is 10.4 Å². The van der Waals surface area contributed by atoms with E-state index in [2.05, 4.69) is 5.43 Å². The number of nitrogens with one attached hydrogen (secondary N) is 1. The standard InChI is InChI=1S/C20H19ClN2O3/c21-14-6-4-13(5-7-14)20(8-1-9-20)19(26)22-23-17(24)15-11-2-3-12(10-11)16(15)18(23)25/h2-7,11-12,15-16H,1,8-10H2,(H,22,26). The van der Waals surface area contributed by atoms with Gasteiger partial charge in [-0.1, -0.05) is 42.3 Å². The summed E-state index contributed by atoms with van der Waals surface area (Å²) in [4.78, 5) is 38.6. The number of benzene rings is 1. The molecule has 1 heterocycles. The third kappa shape index (κ3) is 2.01. The van der Waals surface area contributed by atoms with Gasteiger partial charge in [-0.15, -0.1) is 0 Å². The second kappa shape index (κ2) is 5.43. The van der Waals surface area contributed by atoms with Gasteiger partial charge in [0.2, 0.25) is 5.91 Å². The van der Waals surface area contributed by atoms with Crippen molar-refractivity contribution < 1.29 is 14.4 Å². The Morgan fingerprint density at radius 2 is 1.62 bits per heavy atom. The Morgan fingerprint density at radius 3 is 2.12 bits per heavy atom. The van der Waals surface area contributed by atoms with Crippen LogP contribution in [0.25, 0.3) is 0 Å².